The van der Waals surface area contributed by atoms with Gasteiger partial charge >= 0.3 is 0 Å². The Morgan fingerprint density at radius 1 is 1.22 bits per heavy atom. The van der Waals surface area contributed by atoms with Crippen LogP contribution < -0.4 is 20.5 Å². The lowest BCUT2D eigenvalue weighted by Gasteiger charge is -2.45. The van der Waals surface area contributed by atoms with E-state index in [0.29, 0.717) is 48.7 Å². The minimum Gasteiger partial charge on any atom is -0.493 e. The van der Waals surface area contributed by atoms with E-state index in [1.807, 2.05) is 4.90 Å². The first-order valence-corrected chi connectivity index (χ1v) is 10.8. The maximum absolute atomic E-state index is 13.9. The maximum atomic E-state index is 13.9. The summed E-state index contributed by atoms with van der Waals surface area (Å²) in [5, 5.41) is 2.95. The van der Waals surface area contributed by atoms with Gasteiger partial charge in [0, 0.05) is 49.6 Å². The van der Waals surface area contributed by atoms with E-state index in [0.717, 1.165) is 19.3 Å². The van der Waals surface area contributed by atoms with E-state index in [4.69, 9.17) is 15.2 Å². The van der Waals surface area contributed by atoms with Crippen LogP contribution in [0.1, 0.15) is 41.6 Å². The fraction of sp³-hybridized carbons (Fsp3) is 0.417. The summed E-state index contributed by atoms with van der Waals surface area (Å²) in [6, 6.07) is 9.27. The zero-order valence-electron chi connectivity index (χ0n) is 18.2. The maximum Gasteiger partial charge on any atom is 0.254 e. The van der Waals surface area contributed by atoms with E-state index in [2.05, 4.69) is 5.32 Å². The number of rotatable bonds is 5. The van der Waals surface area contributed by atoms with Gasteiger partial charge in [-0.2, -0.15) is 0 Å². The van der Waals surface area contributed by atoms with Crippen LogP contribution in [0, 0.1) is 11.2 Å². The van der Waals surface area contributed by atoms with Crippen LogP contribution in [0.15, 0.2) is 36.4 Å². The molecule has 4 rings (SSSR count). The van der Waals surface area contributed by atoms with Gasteiger partial charge in [0.15, 0.2) is 11.5 Å². The first-order valence-electron chi connectivity index (χ1n) is 10.8. The molecule has 0 aromatic heterocycles. The van der Waals surface area contributed by atoms with Crippen LogP contribution in [-0.4, -0.2) is 43.5 Å². The molecule has 170 valence electrons. The van der Waals surface area contributed by atoms with Crippen LogP contribution in [-0.2, 0) is 11.3 Å². The zero-order chi connectivity index (χ0) is 22.7. The van der Waals surface area contributed by atoms with Crippen LogP contribution in [0.3, 0.4) is 0 Å². The summed E-state index contributed by atoms with van der Waals surface area (Å²) < 4.78 is 25.2. The van der Waals surface area contributed by atoms with E-state index in [9.17, 15) is 14.0 Å². The van der Waals surface area contributed by atoms with Crippen molar-refractivity contribution in [1.82, 2.24) is 10.2 Å². The van der Waals surface area contributed by atoms with E-state index in [1.54, 1.807) is 24.3 Å². The number of hydrogen-bond acceptors (Lipinski definition) is 5. The summed E-state index contributed by atoms with van der Waals surface area (Å²) in [5.41, 5.74) is 6.64. The summed E-state index contributed by atoms with van der Waals surface area (Å²) >= 11 is 0. The Morgan fingerprint density at radius 2 is 2.06 bits per heavy atom. The molecule has 2 aliphatic heterocycles. The van der Waals surface area contributed by atoms with Crippen molar-refractivity contribution in [2.75, 3.05) is 26.7 Å². The van der Waals surface area contributed by atoms with Gasteiger partial charge in [0.25, 0.3) is 5.91 Å². The van der Waals surface area contributed by atoms with Gasteiger partial charge in [-0.05, 0) is 55.2 Å². The largest absolute Gasteiger partial charge is 0.493 e. The number of ether oxygens (including phenoxy) is 2. The Kier molecular flexibility index (Phi) is 6.32. The standard InChI is InChI=1S/C24H28FN3O4/c1-31-20-4-3-17(11-21(20)32-19-10-16(13-26)9-18(25)12-19)23(30)28-8-2-6-24(15-28)7-5-22(29)27-14-24/h3-4,9-12H,2,5-8,13-15,26H2,1H3,(H,27,29). The third-order valence-electron chi connectivity index (χ3n) is 6.30. The number of carbonyl (C=O) groups excluding carboxylic acids is 2. The fourth-order valence-corrected chi connectivity index (χ4v) is 4.57. The smallest absolute Gasteiger partial charge is 0.254 e. The molecule has 2 amide bonds. The molecule has 0 saturated carbocycles. The van der Waals surface area contributed by atoms with Crippen molar-refractivity contribution < 1.29 is 23.5 Å². The molecule has 2 fully saturated rings. The van der Waals surface area contributed by atoms with Crippen molar-refractivity contribution >= 4 is 11.8 Å². The van der Waals surface area contributed by atoms with Crippen LogP contribution in [0.25, 0.3) is 0 Å². The summed E-state index contributed by atoms with van der Waals surface area (Å²) in [7, 11) is 1.51. The number of hydrogen-bond donors (Lipinski definition) is 2. The van der Waals surface area contributed by atoms with Gasteiger partial charge in [-0.25, -0.2) is 4.39 Å². The van der Waals surface area contributed by atoms with Crippen molar-refractivity contribution in [3.05, 3.63) is 53.3 Å². The predicted octanol–water partition coefficient (Wildman–Crippen LogP) is 3.22. The molecule has 1 unspecified atom stereocenters. The van der Waals surface area contributed by atoms with Crippen LogP contribution in [0.5, 0.6) is 17.2 Å². The minimum atomic E-state index is -0.452. The van der Waals surface area contributed by atoms with Crippen LogP contribution in [0.4, 0.5) is 4.39 Å². The Labute approximate surface area is 186 Å². The Morgan fingerprint density at radius 3 is 2.78 bits per heavy atom. The molecule has 32 heavy (non-hydrogen) atoms. The molecule has 2 saturated heterocycles. The number of nitrogens with zero attached hydrogens (tertiary/aromatic N) is 1. The average Bonchev–Trinajstić information content (AvgIpc) is 2.80. The molecule has 2 heterocycles. The Balaban J connectivity index is 1.55. The quantitative estimate of drug-likeness (QED) is 0.743. The predicted molar refractivity (Wildman–Crippen MR) is 117 cm³/mol. The molecule has 3 N–H and O–H groups in total. The third-order valence-corrected chi connectivity index (χ3v) is 6.30. The lowest BCUT2D eigenvalue weighted by atomic mass is 9.74. The number of halogens is 1. The molecule has 0 bridgehead atoms. The topological polar surface area (TPSA) is 93.9 Å². The number of carbonyl (C=O) groups is 2. The highest BCUT2D eigenvalue weighted by Gasteiger charge is 2.40. The molecule has 2 aromatic rings. The van der Waals surface area contributed by atoms with E-state index >= 15 is 0 Å². The molecule has 2 aliphatic rings. The fourth-order valence-electron chi connectivity index (χ4n) is 4.57. The number of benzene rings is 2. The first kappa shape index (κ1) is 22.1. The molecule has 1 atom stereocenters. The lowest BCUT2D eigenvalue weighted by Crippen LogP contribution is -2.53. The lowest BCUT2D eigenvalue weighted by molar-refractivity contribution is -0.125. The second kappa shape index (κ2) is 9.16. The number of nitrogens with two attached hydrogens (primary N) is 1. The normalized spacial score (nSPS) is 20.7. The Hall–Kier alpha value is -3.13. The van der Waals surface area contributed by atoms with Crippen molar-refractivity contribution in [3.63, 3.8) is 0 Å². The minimum absolute atomic E-state index is 0.0617. The molecule has 1 spiro atoms. The van der Waals surface area contributed by atoms with Gasteiger partial charge in [-0.15, -0.1) is 0 Å². The number of likely N-dealkylation sites (tertiary alicyclic amines) is 1. The number of methoxy groups -OCH3 is 1. The van der Waals surface area contributed by atoms with Crippen molar-refractivity contribution in [2.45, 2.75) is 32.2 Å². The van der Waals surface area contributed by atoms with Gasteiger partial charge in [-0.1, -0.05) is 0 Å². The summed E-state index contributed by atoms with van der Waals surface area (Å²) in [5.74, 6) is 0.561. The molecule has 7 nitrogen and oxygen atoms in total. The van der Waals surface area contributed by atoms with Crippen molar-refractivity contribution in [2.24, 2.45) is 11.1 Å². The SMILES string of the molecule is COc1ccc(C(=O)N2CCCC3(CCC(=O)NC3)C2)cc1Oc1cc(F)cc(CN)c1. The monoisotopic (exact) mass is 441 g/mol. The summed E-state index contributed by atoms with van der Waals surface area (Å²) in [4.78, 5) is 26.8. The van der Waals surface area contributed by atoms with Gasteiger partial charge in [0.2, 0.25) is 5.91 Å². The molecular weight excluding hydrogens is 413 g/mol. The summed E-state index contributed by atoms with van der Waals surface area (Å²) in [6.45, 7) is 2.06. The average molecular weight is 442 g/mol. The van der Waals surface area contributed by atoms with Crippen LogP contribution in [0.2, 0.25) is 0 Å². The van der Waals surface area contributed by atoms with Gasteiger partial charge in [-0.3, -0.25) is 9.59 Å². The van der Waals surface area contributed by atoms with E-state index in [-0.39, 0.29) is 29.5 Å². The zero-order valence-corrected chi connectivity index (χ0v) is 18.2. The molecule has 8 heteroatoms. The second-order valence-electron chi connectivity index (χ2n) is 8.57. The highest BCUT2D eigenvalue weighted by molar-refractivity contribution is 5.95. The highest BCUT2D eigenvalue weighted by atomic mass is 19.1. The third kappa shape index (κ3) is 4.70. The van der Waals surface area contributed by atoms with Crippen LogP contribution >= 0.6 is 0 Å². The number of nitrogens with one attached hydrogen (secondary N) is 1. The van der Waals surface area contributed by atoms with Gasteiger partial charge in [0.05, 0.1) is 7.11 Å². The molecule has 0 aliphatic carbocycles. The van der Waals surface area contributed by atoms with Gasteiger partial charge < -0.3 is 25.4 Å². The van der Waals surface area contributed by atoms with E-state index in [1.165, 1.54) is 19.2 Å². The molecule has 2 aromatic carbocycles. The molecule has 0 radical (unpaired) electrons. The van der Waals surface area contributed by atoms with E-state index < -0.39 is 5.82 Å². The number of piperidine rings is 2. The van der Waals surface area contributed by atoms with Crippen molar-refractivity contribution in [3.8, 4) is 17.2 Å². The molecular formula is C24H28FN3O4. The summed E-state index contributed by atoms with van der Waals surface area (Å²) in [6.07, 6.45) is 3.19. The second-order valence-corrected chi connectivity index (χ2v) is 8.57. The Bertz CT molecular complexity index is 1020. The van der Waals surface area contributed by atoms with Crippen molar-refractivity contribution in [1.29, 1.82) is 0 Å². The van der Waals surface area contributed by atoms with Gasteiger partial charge in [0.1, 0.15) is 11.6 Å². The first-order chi connectivity index (χ1) is 15.4. The highest BCUT2D eigenvalue weighted by Crippen LogP contribution is 2.38. The number of amides is 2.